The van der Waals surface area contributed by atoms with E-state index in [2.05, 4.69) is 10.2 Å². The average Bonchev–Trinajstić information content (AvgIpc) is 3.03. The van der Waals surface area contributed by atoms with Gasteiger partial charge in [-0.15, -0.1) is 5.10 Å². The molecule has 2 N–H and O–H groups in total. The fraction of sp³-hybridized carbons (Fsp3) is 0.200. The van der Waals surface area contributed by atoms with E-state index in [1.54, 1.807) is 30.3 Å². The van der Waals surface area contributed by atoms with E-state index in [1.807, 2.05) is 0 Å². The Labute approximate surface area is 176 Å². The summed E-state index contributed by atoms with van der Waals surface area (Å²) in [6, 6.07) is 11.2. The van der Waals surface area contributed by atoms with E-state index in [0.29, 0.717) is 22.7 Å². The number of carboxylic acids is 1. The molecule has 0 radical (unpaired) electrons. The number of benzene rings is 2. The number of aromatic hydroxyl groups is 1. The summed E-state index contributed by atoms with van der Waals surface area (Å²) in [4.78, 5) is 25.1. The first-order valence-electron chi connectivity index (χ1n) is 8.77. The number of amidine groups is 1. The summed E-state index contributed by atoms with van der Waals surface area (Å²) < 4.78 is 10.4. The van der Waals surface area contributed by atoms with Crippen LogP contribution in [0.25, 0.3) is 0 Å². The number of carbonyl (C=O) groups is 2. The van der Waals surface area contributed by atoms with Crippen molar-refractivity contribution in [3.05, 3.63) is 48.0 Å². The fourth-order valence-electron chi connectivity index (χ4n) is 2.74. The third-order valence-electron chi connectivity index (χ3n) is 4.16. The number of anilines is 1. The van der Waals surface area contributed by atoms with Crippen molar-refractivity contribution in [1.29, 1.82) is 0 Å². The molecule has 1 atom stereocenters. The maximum Gasteiger partial charge on any atom is 0.305 e. The molecule has 30 heavy (non-hydrogen) atoms. The highest BCUT2D eigenvalue weighted by atomic mass is 32.2. The van der Waals surface area contributed by atoms with Crippen molar-refractivity contribution in [1.82, 2.24) is 0 Å². The maximum atomic E-state index is 12.7. The minimum atomic E-state index is -1.08. The lowest BCUT2D eigenvalue weighted by Gasteiger charge is -2.15. The molecule has 9 nitrogen and oxygen atoms in total. The summed E-state index contributed by atoms with van der Waals surface area (Å²) in [5.41, 5.74) is 1.16. The van der Waals surface area contributed by atoms with Crippen LogP contribution in [0.2, 0.25) is 0 Å². The number of ether oxygens (including phenoxy) is 2. The Hall–Kier alpha value is -3.53. The molecular weight excluding hydrogens is 410 g/mol. The number of carbonyl (C=O) groups excluding carboxylic acids is 1. The SMILES string of the molecule is COc1ccc(/C=N\N=C2/SC(CC(=O)O)C(=O)N2c2ccc(O)cc2)cc1OC. The van der Waals surface area contributed by atoms with Crippen LogP contribution in [-0.4, -0.2) is 52.9 Å². The van der Waals surface area contributed by atoms with Crippen molar-refractivity contribution < 1.29 is 29.3 Å². The third kappa shape index (κ3) is 4.71. The minimum Gasteiger partial charge on any atom is -0.508 e. The van der Waals surface area contributed by atoms with Crippen molar-refractivity contribution in [2.24, 2.45) is 10.2 Å². The molecule has 10 heteroatoms. The number of hydrogen-bond donors (Lipinski definition) is 2. The molecule has 1 amide bonds. The molecular formula is C20H19N3O6S. The van der Waals surface area contributed by atoms with Gasteiger partial charge in [0.2, 0.25) is 5.91 Å². The number of hydrogen-bond acceptors (Lipinski definition) is 8. The van der Waals surface area contributed by atoms with Gasteiger partial charge in [-0.2, -0.15) is 5.10 Å². The molecule has 1 saturated heterocycles. The summed E-state index contributed by atoms with van der Waals surface area (Å²) >= 11 is 1.03. The van der Waals surface area contributed by atoms with Gasteiger partial charge < -0.3 is 19.7 Å². The first-order valence-corrected chi connectivity index (χ1v) is 9.65. The van der Waals surface area contributed by atoms with E-state index in [-0.39, 0.29) is 17.3 Å². The second-order valence-corrected chi connectivity index (χ2v) is 7.31. The predicted octanol–water partition coefficient (Wildman–Crippen LogP) is 2.72. The Morgan fingerprint density at radius 1 is 1.17 bits per heavy atom. The maximum absolute atomic E-state index is 12.7. The number of rotatable bonds is 7. The van der Waals surface area contributed by atoms with Crippen LogP contribution in [0.1, 0.15) is 12.0 Å². The molecule has 1 fully saturated rings. The highest BCUT2D eigenvalue weighted by molar-refractivity contribution is 8.16. The second-order valence-electron chi connectivity index (χ2n) is 6.14. The van der Waals surface area contributed by atoms with Gasteiger partial charge in [0.1, 0.15) is 11.0 Å². The van der Waals surface area contributed by atoms with Gasteiger partial charge >= 0.3 is 5.97 Å². The smallest absolute Gasteiger partial charge is 0.305 e. The highest BCUT2D eigenvalue weighted by Crippen LogP contribution is 2.34. The third-order valence-corrected chi connectivity index (χ3v) is 5.29. The number of amides is 1. The Morgan fingerprint density at radius 2 is 1.87 bits per heavy atom. The number of aliphatic carboxylic acids is 1. The Kier molecular flexibility index (Phi) is 6.58. The molecule has 0 saturated carbocycles. The largest absolute Gasteiger partial charge is 0.508 e. The van der Waals surface area contributed by atoms with Crippen LogP contribution in [0.4, 0.5) is 5.69 Å². The van der Waals surface area contributed by atoms with Gasteiger partial charge in [-0.3, -0.25) is 14.5 Å². The van der Waals surface area contributed by atoms with Gasteiger partial charge in [-0.1, -0.05) is 11.8 Å². The minimum absolute atomic E-state index is 0.0464. The molecule has 0 bridgehead atoms. The number of carboxylic acid groups (broad SMARTS) is 1. The lowest BCUT2D eigenvalue weighted by Crippen LogP contribution is -2.32. The molecule has 0 spiro atoms. The average molecular weight is 429 g/mol. The Balaban J connectivity index is 1.89. The van der Waals surface area contributed by atoms with Gasteiger partial charge in [0.05, 0.1) is 32.5 Å². The summed E-state index contributed by atoms with van der Waals surface area (Å²) in [7, 11) is 3.06. The molecule has 0 aliphatic carbocycles. The van der Waals surface area contributed by atoms with Gasteiger partial charge in [0.25, 0.3) is 0 Å². The Bertz CT molecular complexity index is 1010. The van der Waals surface area contributed by atoms with Gasteiger partial charge in [0, 0.05) is 0 Å². The predicted molar refractivity (Wildman–Crippen MR) is 114 cm³/mol. The van der Waals surface area contributed by atoms with Crippen molar-refractivity contribution >= 4 is 40.7 Å². The summed E-state index contributed by atoms with van der Waals surface area (Å²) in [6.07, 6.45) is 1.15. The normalized spacial score (nSPS) is 17.7. The quantitative estimate of drug-likeness (QED) is 0.513. The van der Waals surface area contributed by atoms with Crippen LogP contribution in [0, 0.1) is 0 Å². The lowest BCUT2D eigenvalue weighted by molar-refractivity contribution is -0.138. The highest BCUT2D eigenvalue weighted by Gasteiger charge is 2.40. The Morgan fingerprint density at radius 3 is 2.50 bits per heavy atom. The summed E-state index contributed by atoms with van der Waals surface area (Å²) in [6.45, 7) is 0. The van der Waals surface area contributed by atoms with E-state index in [0.717, 1.165) is 11.8 Å². The van der Waals surface area contributed by atoms with Gasteiger partial charge in [-0.25, -0.2) is 0 Å². The van der Waals surface area contributed by atoms with Crippen molar-refractivity contribution in [3.8, 4) is 17.2 Å². The number of phenols is 1. The van der Waals surface area contributed by atoms with Crippen molar-refractivity contribution in [2.75, 3.05) is 19.1 Å². The number of methoxy groups -OCH3 is 2. The first kappa shape index (κ1) is 21.2. The lowest BCUT2D eigenvalue weighted by atomic mass is 10.2. The van der Waals surface area contributed by atoms with Crippen molar-refractivity contribution in [2.45, 2.75) is 11.7 Å². The molecule has 1 unspecified atom stereocenters. The zero-order chi connectivity index (χ0) is 21.7. The first-order chi connectivity index (χ1) is 14.4. The van der Waals surface area contributed by atoms with Crippen LogP contribution in [0.3, 0.4) is 0 Å². The zero-order valence-corrected chi connectivity index (χ0v) is 17.0. The molecule has 0 aromatic heterocycles. The molecule has 156 valence electrons. The van der Waals surface area contributed by atoms with Gasteiger partial charge in [-0.05, 0) is 48.0 Å². The van der Waals surface area contributed by atoms with Crippen LogP contribution < -0.4 is 14.4 Å². The standard InChI is InChI=1S/C20H19N3O6S/c1-28-15-8-3-12(9-16(15)29-2)11-21-22-20-23(13-4-6-14(24)7-5-13)19(27)17(30-20)10-18(25)26/h3-9,11,17,24H,10H2,1-2H3,(H,25,26)/b21-11-,22-20-. The van der Waals surface area contributed by atoms with Crippen molar-refractivity contribution in [3.63, 3.8) is 0 Å². The van der Waals surface area contributed by atoms with Crippen LogP contribution >= 0.6 is 11.8 Å². The van der Waals surface area contributed by atoms with E-state index in [9.17, 15) is 14.7 Å². The molecule has 2 aromatic carbocycles. The molecule has 1 aliphatic rings. The van der Waals surface area contributed by atoms with Crippen LogP contribution in [-0.2, 0) is 9.59 Å². The number of phenolic OH excluding ortho intramolecular Hbond substituents is 1. The monoisotopic (exact) mass is 429 g/mol. The molecule has 3 rings (SSSR count). The summed E-state index contributed by atoms with van der Waals surface area (Å²) in [5.74, 6) is -0.334. The van der Waals surface area contributed by atoms with E-state index in [4.69, 9.17) is 14.6 Å². The second kappa shape index (κ2) is 9.31. The van der Waals surface area contributed by atoms with E-state index >= 15 is 0 Å². The van der Waals surface area contributed by atoms with Crippen LogP contribution in [0.5, 0.6) is 17.2 Å². The van der Waals surface area contributed by atoms with E-state index < -0.39 is 17.1 Å². The van der Waals surface area contributed by atoms with Crippen LogP contribution in [0.15, 0.2) is 52.7 Å². The zero-order valence-electron chi connectivity index (χ0n) is 16.2. The van der Waals surface area contributed by atoms with E-state index in [1.165, 1.54) is 37.5 Å². The number of nitrogens with zero attached hydrogens (tertiary/aromatic N) is 3. The topological polar surface area (TPSA) is 121 Å². The molecule has 1 heterocycles. The summed E-state index contributed by atoms with van der Waals surface area (Å²) in [5, 5.41) is 26.2. The fourth-order valence-corrected chi connectivity index (χ4v) is 3.82. The molecule has 2 aromatic rings. The molecule has 1 aliphatic heterocycles. The van der Waals surface area contributed by atoms with Gasteiger partial charge in [0.15, 0.2) is 16.7 Å². The number of thioether (sulfide) groups is 1.